The standard InChI is InChI=1S/C18H19F4N5O3/c1-9(28)24-13-4-11(12(29-3)8-23-13)25-14-5-15(27-16(26-14)17(2,19)20)30-10-6-18(21,22)7-10/h4-5,8,10H,6-7H2,1-3H3,(H2,23,24,25,26,27,28). The Kier molecular flexibility index (Phi) is 5.68. The fraction of sp³-hybridized carbons (Fsp3) is 0.444. The van der Waals surface area contributed by atoms with E-state index < -0.39 is 36.6 Å². The van der Waals surface area contributed by atoms with Gasteiger partial charge in [-0.25, -0.2) is 18.7 Å². The van der Waals surface area contributed by atoms with Crippen LogP contribution in [0.2, 0.25) is 0 Å². The second-order valence-corrected chi connectivity index (χ2v) is 6.88. The van der Waals surface area contributed by atoms with Gasteiger partial charge in [0.25, 0.3) is 5.92 Å². The van der Waals surface area contributed by atoms with Gasteiger partial charge in [0.15, 0.2) is 5.75 Å². The zero-order chi connectivity index (χ0) is 22.1. The van der Waals surface area contributed by atoms with Crippen molar-refractivity contribution < 1.29 is 31.8 Å². The van der Waals surface area contributed by atoms with E-state index in [0.717, 1.165) is 0 Å². The Morgan fingerprint density at radius 3 is 2.50 bits per heavy atom. The monoisotopic (exact) mass is 429 g/mol. The van der Waals surface area contributed by atoms with E-state index in [-0.39, 0.29) is 34.9 Å². The van der Waals surface area contributed by atoms with E-state index in [1.165, 1.54) is 32.4 Å². The lowest BCUT2D eigenvalue weighted by atomic mass is 9.91. The maximum atomic E-state index is 13.9. The minimum absolute atomic E-state index is 0.0825. The summed E-state index contributed by atoms with van der Waals surface area (Å²) in [7, 11) is 1.37. The van der Waals surface area contributed by atoms with Crippen LogP contribution in [0.25, 0.3) is 0 Å². The number of ether oxygens (including phenoxy) is 2. The lowest BCUT2D eigenvalue weighted by molar-refractivity contribution is -0.135. The van der Waals surface area contributed by atoms with Gasteiger partial charge in [-0.3, -0.25) is 4.79 Å². The van der Waals surface area contributed by atoms with E-state index in [1.807, 2.05) is 0 Å². The van der Waals surface area contributed by atoms with Crippen LogP contribution >= 0.6 is 0 Å². The van der Waals surface area contributed by atoms with Crippen LogP contribution in [-0.2, 0) is 10.7 Å². The molecule has 0 aliphatic heterocycles. The summed E-state index contributed by atoms with van der Waals surface area (Å²) < 4.78 is 64.3. The van der Waals surface area contributed by atoms with Crippen LogP contribution in [0.5, 0.6) is 11.6 Å². The van der Waals surface area contributed by atoms with Crippen molar-refractivity contribution >= 4 is 23.2 Å². The van der Waals surface area contributed by atoms with Crippen molar-refractivity contribution in [1.29, 1.82) is 0 Å². The molecule has 1 amide bonds. The molecular formula is C18H19F4N5O3. The number of alkyl halides is 4. The molecule has 3 rings (SSSR count). The molecule has 0 bridgehead atoms. The van der Waals surface area contributed by atoms with Crippen molar-refractivity contribution in [3.8, 4) is 11.6 Å². The fourth-order valence-electron chi connectivity index (χ4n) is 2.70. The zero-order valence-corrected chi connectivity index (χ0v) is 16.3. The largest absolute Gasteiger partial charge is 0.493 e. The molecule has 0 unspecified atom stereocenters. The van der Waals surface area contributed by atoms with Crippen molar-refractivity contribution in [2.75, 3.05) is 17.7 Å². The molecule has 0 spiro atoms. The summed E-state index contributed by atoms with van der Waals surface area (Å²) in [5, 5.41) is 5.27. The third-order valence-electron chi connectivity index (χ3n) is 4.09. The number of methoxy groups -OCH3 is 1. The highest BCUT2D eigenvalue weighted by molar-refractivity contribution is 5.88. The number of pyridine rings is 1. The Balaban J connectivity index is 1.91. The molecule has 0 atom stereocenters. The average Bonchev–Trinajstić information content (AvgIpc) is 2.59. The second-order valence-electron chi connectivity index (χ2n) is 6.88. The van der Waals surface area contributed by atoms with E-state index in [2.05, 4.69) is 25.6 Å². The number of anilines is 3. The first-order chi connectivity index (χ1) is 13.9. The van der Waals surface area contributed by atoms with Gasteiger partial charge in [-0.15, -0.1) is 0 Å². The normalized spacial score (nSPS) is 15.8. The molecule has 0 radical (unpaired) electrons. The van der Waals surface area contributed by atoms with Crippen LogP contribution in [0.15, 0.2) is 18.3 Å². The maximum absolute atomic E-state index is 13.9. The molecule has 2 aromatic rings. The topological polar surface area (TPSA) is 98.3 Å². The van der Waals surface area contributed by atoms with E-state index in [4.69, 9.17) is 9.47 Å². The third-order valence-corrected chi connectivity index (χ3v) is 4.09. The van der Waals surface area contributed by atoms with Gasteiger partial charge < -0.3 is 20.1 Å². The molecule has 162 valence electrons. The van der Waals surface area contributed by atoms with Gasteiger partial charge >= 0.3 is 5.92 Å². The summed E-state index contributed by atoms with van der Waals surface area (Å²) >= 11 is 0. The average molecular weight is 429 g/mol. The van der Waals surface area contributed by atoms with Crippen molar-refractivity contribution in [2.45, 2.75) is 44.6 Å². The molecule has 0 aromatic carbocycles. The van der Waals surface area contributed by atoms with Crippen LogP contribution in [0.3, 0.4) is 0 Å². The second kappa shape index (κ2) is 7.92. The first kappa shape index (κ1) is 21.5. The first-order valence-electron chi connectivity index (χ1n) is 8.86. The summed E-state index contributed by atoms with van der Waals surface area (Å²) in [6.07, 6.45) is -0.549. The highest BCUT2D eigenvalue weighted by atomic mass is 19.3. The van der Waals surface area contributed by atoms with E-state index in [0.29, 0.717) is 6.92 Å². The van der Waals surface area contributed by atoms with Gasteiger partial charge in [-0.2, -0.15) is 13.8 Å². The van der Waals surface area contributed by atoms with Crippen LogP contribution in [-0.4, -0.2) is 40.0 Å². The first-order valence-corrected chi connectivity index (χ1v) is 8.86. The van der Waals surface area contributed by atoms with E-state index in [1.54, 1.807) is 0 Å². The highest BCUT2D eigenvalue weighted by Gasteiger charge is 2.47. The van der Waals surface area contributed by atoms with Crippen molar-refractivity contribution in [3.63, 3.8) is 0 Å². The molecule has 2 aromatic heterocycles. The Bertz CT molecular complexity index is 944. The molecule has 1 aliphatic carbocycles. The molecule has 1 fully saturated rings. The number of carbonyl (C=O) groups excluding carboxylic acids is 1. The van der Waals surface area contributed by atoms with Crippen molar-refractivity contribution in [3.05, 3.63) is 24.2 Å². The van der Waals surface area contributed by atoms with Gasteiger partial charge in [0.2, 0.25) is 17.6 Å². The summed E-state index contributed by atoms with van der Waals surface area (Å²) in [6, 6.07) is 2.63. The molecule has 30 heavy (non-hydrogen) atoms. The third kappa shape index (κ3) is 5.24. The Labute approximate surface area is 169 Å². The molecule has 1 saturated carbocycles. The number of hydrogen-bond acceptors (Lipinski definition) is 7. The van der Waals surface area contributed by atoms with Gasteiger partial charge in [-0.05, 0) is 0 Å². The Morgan fingerprint density at radius 1 is 1.23 bits per heavy atom. The van der Waals surface area contributed by atoms with Crippen molar-refractivity contribution in [2.24, 2.45) is 0 Å². The Hall–Kier alpha value is -3.18. The minimum Gasteiger partial charge on any atom is -0.493 e. The SMILES string of the molecule is COc1cnc(NC(C)=O)cc1Nc1cc(OC2CC(F)(F)C2)nc(C(C)(F)F)n1. The van der Waals surface area contributed by atoms with Crippen LogP contribution < -0.4 is 20.1 Å². The van der Waals surface area contributed by atoms with Crippen LogP contribution in [0, 0.1) is 0 Å². The number of nitrogens with zero attached hydrogens (tertiary/aromatic N) is 3. The van der Waals surface area contributed by atoms with E-state index >= 15 is 0 Å². The molecule has 12 heteroatoms. The lowest BCUT2D eigenvalue weighted by Gasteiger charge is -2.34. The molecule has 2 heterocycles. The Morgan fingerprint density at radius 2 is 1.93 bits per heavy atom. The zero-order valence-electron chi connectivity index (χ0n) is 16.3. The van der Waals surface area contributed by atoms with Gasteiger partial charge in [0, 0.05) is 38.8 Å². The van der Waals surface area contributed by atoms with Crippen LogP contribution in [0.1, 0.15) is 32.5 Å². The summed E-state index contributed by atoms with van der Waals surface area (Å²) in [4.78, 5) is 22.7. The predicted molar refractivity (Wildman–Crippen MR) is 98.6 cm³/mol. The van der Waals surface area contributed by atoms with Gasteiger partial charge in [0.05, 0.1) is 19.0 Å². The molecular weight excluding hydrogens is 410 g/mol. The number of rotatable bonds is 7. The number of amides is 1. The van der Waals surface area contributed by atoms with Gasteiger partial charge in [-0.1, -0.05) is 0 Å². The number of nitrogens with one attached hydrogen (secondary N) is 2. The predicted octanol–water partition coefficient (Wildman–Crippen LogP) is 3.87. The maximum Gasteiger partial charge on any atom is 0.304 e. The number of carbonyl (C=O) groups is 1. The summed E-state index contributed by atoms with van der Waals surface area (Å²) in [5.41, 5.74) is 0.265. The number of aromatic nitrogens is 3. The molecule has 1 aliphatic rings. The minimum atomic E-state index is -3.40. The summed E-state index contributed by atoms with van der Waals surface area (Å²) in [6.45, 7) is 1.90. The molecule has 2 N–H and O–H groups in total. The van der Waals surface area contributed by atoms with Crippen molar-refractivity contribution in [1.82, 2.24) is 15.0 Å². The smallest absolute Gasteiger partial charge is 0.304 e. The van der Waals surface area contributed by atoms with E-state index in [9.17, 15) is 22.4 Å². The lowest BCUT2D eigenvalue weighted by Crippen LogP contribution is -2.43. The number of halogens is 4. The molecule has 0 saturated heterocycles. The fourth-order valence-corrected chi connectivity index (χ4v) is 2.70. The van der Waals surface area contributed by atoms with Gasteiger partial charge in [0.1, 0.15) is 17.7 Å². The number of hydrogen-bond donors (Lipinski definition) is 2. The van der Waals surface area contributed by atoms with Crippen LogP contribution in [0.4, 0.5) is 34.9 Å². The quantitative estimate of drug-likeness (QED) is 0.645. The summed E-state index contributed by atoms with van der Waals surface area (Å²) in [5.74, 6) is -7.35. The highest BCUT2D eigenvalue weighted by Crippen LogP contribution is 2.40. The molecule has 8 nitrogen and oxygen atoms in total.